The van der Waals surface area contributed by atoms with Crippen LogP contribution in [0.2, 0.25) is 0 Å². The van der Waals surface area contributed by atoms with Crippen molar-refractivity contribution in [1.29, 1.82) is 0 Å². The van der Waals surface area contributed by atoms with Crippen LogP contribution in [0.15, 0.2) is 107 Å². The minimum Gasteiger partial charge on any atom is -0.477 e. The maximum Gasteiger partial charge on any atom is 0.351 e. The van der Waals surface area contributed by atoms with E-state index >= 15 is 0 Å². The average Bonchev–Trinajstić information content (AvgIpc) is 1.88. The van der Waals surface area contributed by atoms with E-state index < -0.39 is 68.1 Å². The molecule has 5 fully saturated rings. The van der Waals surface area contributed by atoms with Gasteiger partial charge >= 0.3 is 58.0 Å². The number of esters is 4. The molecule has 10 aromatic heterocycles. The first kappa shape index (κ1) is 93.9. The van der Waals surface area contributed by atoms with Crippen molar-refractivity contribution in [2.45, 2.75) is 103 Å². The lowest BCUT2D eigenvalue weighted by atomic mass is 9.89. The van der Waals surface area contributed by atoms with Crippen LogP contribution in [-0.2, 0) is 33.2 Å². The van der Waals surface area contributed by atoms with Crippen molar-refractivity contribution >= 4 is 173 Å². The maximum absolute atomic E-state index is 11.9. The number of hydrogen-bond acceptors (Lipinski definition) is 35. The zero-order chi connectivity index (χ0) is 87.4. The van der Waals surface area contributed by atoms with Crippen LogP contribution in [-0.4, -0.2) is 209 Å². The van der Waals surface area contributed by atoms with Crippen molar-refractivity contribution in [3.05, 3.63) is 141 Å². The Labute approximate surface area is 720 Å². The molecule has 15 rings (SSSR count). The van der Waals surface area contributed by atoms with Gasteiger partial charge in [0.15, 0.2) is 27.9 Å². The zero-order valence-electron chi connectivity index (χ0n) is 70.3. The predicted octanol–water partition coefficient (Wildman–Crippen LogP) is 13.7. The number of ether oxygens (including phenoxy) is 4. The van der Waals surface area contributed by atoms with Gasteiger partial charge in [0.25, 0.3) is 10.1 Å². The second-order valence-electron chi connectivity index (χ2n) is 31.1. The van der Waals surface area contributed by atoms with E-state index in [1.807, 2.05) is 38.4 Å². The number of methoxy groups -OCH3 is 4. The van der Waals surface area contributed by atoms with Crippen molar-refractivity contribution in [3.8, 4) is 0 Å². The van der Waals surface area contributed by atoms with Gasteiger partial charge in [-0.1, -0.05) is 38.5 Å². The summed E-state index contributed by atoms with van der Waals surface area (Å²) in [5.41, 5.74) is -1.54. The highest BCUT2D eigenvalue weighted by molar-refractivity contribution is 7.86. The molecule has 37 heteroatoms. The van der Waals surface area contributed by atoms with Crippen LogP contribution in [0.4, 0.5) is 25.0 Å². The van der Waals surface area contributed by atoms with Crippen LogP contribution in [0, 0.1) is 29.6 Å². The van der Waals surface area contributed by atoms with Crippen LogP contribution in [0.3, 0.4) is 0 Å². The number of rotatable bonds is 21. The summed E-state index contributed by atoms with van der Waals surface area (Å²) < 4.78 is 74.1. The van der Waals surface area contributed by atoms with Gasteiger partial charge in [0, 0.05) is 91.7 Å². The molecule has 0 spiro atoms. The Bertz CT molecular complexity index is 5490. The summed E-state index contributed by atoms with van der Waals surface area (Å²) in [4.78, 5) is 129. The van der Waals surface area contributed by atoms with Crippen molar-refractivity contribution < 1.29 is 82.7 Å². The highest BCUT2D eigenvalue weighted by atomic mass is 32.2. The second kappa shape index (κ2) is 44.1. The average molecular weight is 1790 g/mol. The molecule has 13 heterocycles. The molecule has 0 amide bonds. The highest BCUT2D eigenvalue weighted by Gasteiger charge is 2.27. The number of carbonyl (C=O) groups excluding carboxylic acids is 4. The topological polar surface area (TPSA) is 380 Å². The second-order valence-corrected chi connectivity index (χ2v) is 38.0. The van der Waals surface area contributed by atoms with Gasteiger partial charge in [-0.05, 0) is 177 Å². The number of carbonyl (C=O) groups is 5. The number of carboxylic acids is 1. The first-order valence-electron chi connectivity index (χ1n) is 40.2. The van der Waals surface area contributed by atoms with Crippen LogP contribution in [0.25, 0.3) is 51.4 Å². The lowest BCUT2D eigenvalue weighted by molar-refractivity contribution is 0.0587. The van der Waals surface area contributed by atoms with Gasteiger partial charge in [0.1, 0.15) is 27.8 Å². The lowest BCUT2D eigenvalue weighted by Gasteiger charge is -2.31. The Kier molecular flexibility index (Phi) is 34.3. The summed E-state index contributed by atoms with van der Waals surface area (Å²) >= 11 is 7.42. The van der Waals surface area contributed by atoms with Gasteiger partial charge in [-0.3, -0.25) is 4.18 Å². The Hall–Kier alpha value is -9.31. The molecule has 0 unspecified atom stereocenters. The molecule has 2 saturated carbocycles. The fourth-order valence-corrected chi connectivity index (χ4v) is 20.3. The number of fused-ring (bicyclic) bond motifs is 5. The van der Waals surface area contributed by atoms with Crippen LogP contribution in [0.1, 0.15) is 155 Å². The highest BCUT2D eigenvalue weighted by Crippen LogP contribution is 2.39. The molecule has 0 radical (unpaired) electrons. The summed E-state index contributed by atoms with van der Waals surface area (Å²) in [5.74, 6) is -0.735. The zero-order valence-corrected chi connectivity index (χ0v) is 75.2. The third-order valence-corrected chi connectivity index (χ3v) is 28.3. The molecule has 2 aliphatic carbocycles. The predicted molar refractivity (Wildman–Crippen MR) is 477 cm³/mol. The Morgan fingerprint density at radius 3 is 0.992 bits per heavy atom. The van der Waals surface area contributed by atoms with Crippen molar-refractivity contribution in [2.75, 3.05) is 181 Å². The molecule has 0 atom stereocenters. The molecule has 10 aromatic rings. The van der Waals surface area contributed by atoms with Gasteiger partial charge < -0.3 is 86.2 Å². The molecule has 31 nitrogen and oxygen atoms in total. The van der Waals surface area contributed by atoms with Crippen LogP contribution >= 0.6 is 56.7 Å². The Morgan fingerprint density at radius 2 is 0.694 bits per heavy atom. The van der Waals surface area contributed by atoms with Crippen LogP contribution < -0.4 is 58.4 Å². The van der Waals surface area contributed by atoms with E-state index in [9.17, 15) is 56.4 Å². The number of carboxylic acid groups (broad SMARTS) is 1. The number of piperidine rings is 3. The number of nitrogens with zero attached hydrogens (tertiary/aromatic N) is 6. The quantitative estimate of drug-likeness (QED) is 0.0342. The number of hydrogen-bond donors (Lipinski definition) is 3. The largest absolute Gasteiger partial charge is 0.477 e. The first-order valence-corrected chi connectivity index (χ1v) is 46.1. The summed E-state index contributed by atoms with van der Waals surface area (Å²) in [6.45, 7) is 11.0. The van der Waals surface area contributed by atoms with E-state index in [0.29, 0.717) is 62.9 Å². The Balaban J connectivity index is 0.000000154. The lowest BCUT2D eigenvalue weighted by Crippen LogP contribution is -2.35. The minimum absolute atomic E-state index is 0.0525. The standard InChI is InChI=1S/C17H22N2O4S.C17H21NO4S.2C16H20N2O4S.C10H9NO4S.C8H16O3S/c1-18-6-4-11(5-7-18)10-19(2)15-9-13-14(24-15)8-12(16(20)22-3)17(21)23-13;1-18(10-11-6-4-3-5-7-11)15-9-13-14(23-15)8-12(16(19)21-2)17(20)22-13;1-18(9-10-3-5-17-6-4-10)14-8-12-13(23-14)7-11(15(19)21-2)16(20)22-12;1-17-5-3-10(4-6-17)9-18(2)14-8-12-13(23-14)7-11(15(19)20)16(21)22-12;1-11-8-4-6-7(16-8)3-5(9(12)14-2)10(13)15-6;1-12(9,10)11-7-8-5-3-2-4-6-8/h8-9,11H,4-7,10H2,1-3H3;8-9,11H,3-7,10H2,1-2H3;7-8,10,17H,3-6,9H2,1-2H3;7-8,10H,3-6,9H2,1-2H3,(H,19,20);3-4,11H,1-2H3;8H,2-7H2,1H3. The van der Waals surface area contributed by atoms with Crippen molar-refractivity contribution in [2.24, 2.45) is 29.6 Å². The van der Waals surface area contributed by atoms with Gasteiger partial charge in [-0.15, -0.1) is 56.7 Å². The number of thiophene rings is 5. The molecule has 0 aromatic carbocycles. The Morgan fingerprint density at radius 1 is 0.421 bits per heavy atom. The van der Waals surface area contributed by atoms with E-state index in [1.54, 1.807) is 31.3 Å². The van der Waals surface area contributed by atoms with Crippen molar-refractivity contribution in [1.82, 2.24) is 15.1 Å². The molecule has 3 N–H and O–H groups in total. The fourth-order valence-electron chi connectivity index (χ4n) is 15.0. The fraction of sp³-hybridized carbons (Fsp3) is 0.524. The molecule has 0 bridgehead atoms. The minimum atomic E-state index is -3.22. The summed E-state index contributed by atoms with van der Waals surface area (Å²) in [6.07, 6.45) is 20.8. The smallest absolute Gasteiger partial charge is 0.351 e. The number of likely N-dealkylation sites (tertiary alicyclic amines) is 2. The summed E-state index contributed by atoms with van der Waals surface area (Å²) in [6, 6.07) is 16.7. The SMILES string of the molecule is CN1CCC(CN(C)c2cc3oc(=O)c(C(=O)O)cc3s2)CC1.CNc1cc2oc(=O)c(C(=O)OC)cc2s1.COC(=O)c1cc2sc(N(C)CC3CCCCC3)cc2oc1=O.COC(=O)c1cc2sc(N(C)CC3CCN(C)CC3)cc2oc1=O.COC(=O)c1cc2sc(N(C)CC3CCNCC3)cc2oc1=O.CS(=O)(=O)OCC1CCCCC1. The molecule has 5 aliphatic rings. The van der Waals surface area contributed by atoms with Gasteiger partial charge in [0.2, 0.25) is 0 Å². The summed E-state index contributed by atoms with van der Waals surface area (Å²) in [7, 11) is 16.0. The third-order valence-electron chi connectivity index (χ3n) is 21.9. The van der Waals surface area contributed by atoms with E-state index in [0.717, 1.165) is 134 Å². The van der Waals surface area contributed by atoms with E-state index in [1.165, 1.54) is 187 Å². The third kappa shape index (κ3) is 26.4. The van der Waals surface area contributed by atoms with Gasteiger partial charge in [-0.25, -0.2) is 47.9 Å². The molecular weight excluding hydrogens is 1680 g/mol. The molecule has 3 aliphatic heterocycles. The summed E-state index contributed by atoms with van der Waals surface area (Å²) in [5, 5.41) is 20.3. The molecule has 121 heavy (non-hydrogen) atoms. The molecule has 658 valence electrons. The normalized spacial score (nSPS) is 15.9. The molecule has 3 saturated heterocycles. The first-order chi connectivity index (χ1) is 57.8. The van der Waals surface area contributed by atoms with Gasteiger partial charge in [0.05, 0.1) is 89.8 Å². The number of anilines is 5. The van der Waals surface area contributed by atoms with Gasteiger partial charge in [-0.2, -0.15) is 8.42 Å². The molecular formula is C84H108N8O23S6. The van der Waals surface area contributed by atoms with Crippen molar-refractivity contribution in [3.63, 3.8) is 0 Å². The number of aromatic carboxylic acids is 1. The van der Waals surface area contributed by atoms with E-state index in [4.69, 9.17) is 31.4 Å². The monoisotopic (exact) mass is 1790 g/mol. The maximum atomic E-state index is 11.9. The van der Waals surface area contributed by atoms with E-state index in [-0.39, 0.29) is 27.8 Å². The van der Waals surface area contributed by atoms with E-state index in [2.05, 4.69) is 87.2 Å². The van der Waals surface area contributed by atoms with Crippen LogP contribution in [0.5, 0.6) is 0 Å². The number of nitrogens with one attached hydrogen (secondary N) is 2.